The van der Waals surface area contributed by atoms with Crippen LogP contribution in [0.25, 0.3) is 0 Å². The largest absolute Gasteiger partial charge is 0.494 e. The zero-order valence-corrected chi connectivity index (χ0v) is 19.4. The third-order valence-corrected chi connectivity index (χ3v) is 6.78. The van der Waals surface area contributed by atoms with Gasteiger partial charge in [0.15, 0.2) is 0 Å². The zero-order valence-electron chi connectivity index (χ0n) is 18.6. The Morgan fingerprint density at radius 2 is 1.91 bits per heavy atom. The van der Waals surface area contributed by atoms with Gasteiger partial charge in [0, 0.05) is 32.6 Å². The molecule has 1 aliphatic heterocycles. The summed E-state index contributed by atoms with van der Waals surface area (Å²) in [6.45, 7) is 5.10. The van der Waals surface area contributed by atoms with Crippen molar-refractivity contribution < 1.29 is 27.1 Å². The highest BCUT2D eigenvalue weighted by Crippen LogP contribution is 2.22. The van der Waals surface area contributed by atoms with Gasteiger partial charge in [0.2, 0.25) is 15.9 Å². The quantitative estimate of drug-likeness (QED) is 0.512. The summed E-state index contributed by atoms with van der Waals surface area (Å²) < 4.78 is 51.8. The number of nitrogens with one attached hydrogen (secondary N) is 2. The second-order valence-corrected chi connectivity index (χ2v) is 9.34. The van der Waals surface area contributed by atoms with E-state index in [0.717, 1.165) is 5.56 Å². The summed E-state index contributed by atoms with van der Waals surface area (Å²) in [6, 6.07) is 12.2. The molecule has 0 radical (unpaired) electrons. The number of hydrogen-bond acceptors (Lipinski definition) is 6. The third kappa shape index (κ3) is 7.50. The number of benzene rings is 2. The fourth-order valence-electron chi connectivity index (χ4n) is 3.62. The van der Waals surface area contributed by atoms with Gasteiger partial charge in [-0.2, -0.15) is 0 Å². The van der Waals surface area contributed by atoms with Crippen LogP contribution in [-0.2, 0) is 19.6 Å². The summed E-state index contributed by atoms with van der Waals surface area (Å²) in [7, 11) is -3.73. The molecule has 1 fully saturated rings. The van der Waals surface area contributed by atoms with E-state index in [1.54, 1.807) is 18.2 Å². The van der Waals surface area contributed by atoms with E-state index < -0.39 is 10.0 Å². The lowest BCUT2D eigenvalue weighted by atomic mass is 10.0. The van der Waals surface area contributed by atoms with Crippen molar-refractivity contribution >= 4 is 15.9 Å². The molecule has 1 unspecified atom stereocenters. The minimum Gasteiger partial charge on any atom is -0.494 e. The molecule has 1 aliphatic rings. The van der Waals surface area contributed by atoms with E-state index in [0.29, 0.717) is 38.7 Å². The predicted octanol–water partition coefficient (Wildman–Crippen LogP) is 2.08. The highest BCUT2D eigenvalue weighted by atomic mass is 32.2. The van der Waals surface area contributed by atoms with Crippen LogP contribution in [0.1, 0.15) is 24.9 Å². The Bertz CT molecular complexity index is 1010. The number of nitrogens with zero attached hydrogens (tertiary/aromatic N) is 1. The Morgan fingerprint density at radius 3 is 2.58 bits per heavy atom. The smallest absolute Gasteiger partial charge is 0.240 e. The van der Waals surface area contributed by atoms with Crippen LogP contribution >= 0.6 is 0 Å². The number of carbonyl (C=O) groups excluding carboxylic acids is 1. The maximum absolute atomic E-state index is 13.8. The number of sulfonamides is 1. The fraction of sp³-hybridized carbons (Fsp3) is 0.435. The average Bonchev–Trinajstić information content (AvgIpc) is 2.80. The highest BCUT2D eigenvalue weighted by molar-refractivity contribution is 7.89. The molecule has 2 aromatic rings. The Morgan fingerprint density at radius 1 is 1.18 bits per heavy atom. The van der Waals surface area contributed by atoms with Crippen LogP contribution in [0.15, 0.2) is 53.4 Å². The first-order valence-corrected chi connectivity index (χ1v) is 12.4. The molecule has 2 aromatic carbocycles. The summed E-state index contributed by atoms with van der Waals surface area (Å²) in [4.78, 5) is 14.6. The van der Waals surface area contributed by atoms with Gasteiger partial charge in [0.05, 0.1) is 30.8 Å². The molecule has 0 spiro atoms. The van der Waals surface area contributed by atoms with Gasteiger partial charge in [-0.15, -0.1) is 0 Å². The molecule has 3 rings (SSSR count). The summed E-state index contributed by atoms with van der Waals surface area (Å²) in [5.41, 5.74) is 0.772. The number of morpholine rings is 1. The van der Waals surface area contributed by atoms with Crippen molar-refractivity contribution in [2.75, 3.05) is 46.0 Å². The molecule has 1 saturated heterocycles. The van der Waals surface area contributed by atoms with Crippen LogP contribution in [-0.4, -0.2) is 65.2 Å². The van der Waals surface area contributed by atoms with Crippen molar-refractivity contribution in [2.24, 2.45) is 0 Å². The lowest BCUT2D eigenvalue weighted by Crippen LogP contribution is -2.44. The molecule has 8 nitrogen and oxygen atoms in total. The van der Waals surface area contributed by atoms with E-state index in [9.17, 15) is 17.6 Å². The van der Waals surface area contributed by atoms with Crippen LogP contribution in [0.3, 0.4) is 0 Å². The second kappa shape index (κ2) is 12.1. The standard InChI is InChI=1S/C23H30FN3O5S/c1-2-32-20-6-8-21(9-7-20)33(29,30)26-11-10-23(28)25-17-22(27-12-14-31-15-13-27)18-4-3-5-19(24)16-18/h3-9,16,22,26H,2,10-15,17H2,1H3,(H,25,28). The number of halogens is 1. The van der Waals surface area contributed by atoms with E-state index >= 15 is 0 Å². The molecule has 1 atom stereocenters. The van der Waals surface area contributed by atoms with Gasteiger partial charge in [-0.25, -0.2) is 17.5 Å². The van der Waals surface area contributed by atoms with E-state index in [1.165, 1.54) is 24.3 Å². The summed E-state index contributed by atoms with van der Waals surface area (Å²) in [5, 5.41) is 2.85. The monoisotopic (exact) mass is 479 g/mol. The van der Waals surface area contributed by atoms with Crippen LogP contribution in [0, 0.1) is 5.82 Å². The fourth-order valence-corrected chi connectivity index (χ4v) is 4.66. The molecule has 2 N–H and O–H groups in total. The number of amides is 1. The van der Waals surface area contributed by atoms with E-state index in [2.05, 4.69) is 14.9 Å². The molecular weight excluding hydrogens is 449 g/mol. The van der Waals surface area contributed by atoms with Crippen molar-refractivity contribution in [3.05, 3.63) is 59.9 Å². The molecule has 1 heterocycles. The minimum absolute atomic E-state index is 0.0186. The van der Waals surface area contributed by atoms with Gasteiger partial charge >= 0.3 is 0 Å². The van der Waals surface area contributed by atoms with Gasteiger partial charge in [-0.1, -0.05) is 12.1 Å². The topological polar surface area (TPSA) is 97.0 Å². The molecule has 1 amide bonds. The molecule has 0 aliphatic carbocycles. The number of carbonyl (C=O) groups is 1. The second-order valence-electron chi connectivity index (χ2n) is 7.58. The molecule has 10 heteroatoms. The maximum Gasteiger partial charge on any atom is 0.240 e. The van der Waals surface area contributed by atoms with Gasteiger partial charge in [0.25, 0.3) is 0 Å². The first-order valence-electron chi connectivity index (χ1n) is 11.0. The Kier molecular flexibility index (Phi) is 9.19. The molecule has 0 bridgehead atoms. The van der Waals surface area contributed by atoms with Crippen LogP contribution in [0.2, 0.25) is 0 Å². The third-order valence-electron chi connectivity index (χ3n) is 5.30. The SMILES string of the molecule is CCOc1ccc(S(=O)(=O)NCCC(=O)NCC(c2cccc(F)c2)N2CCOCC2)cc1. The van der Waals surface area contributed by atoms with Crippen LogP contribution in [0.4, 0.5) is 4.39 Å². The summed E-state index contributed by atoms with van der Waals surface area (Å²) in [5.74, 6) is -0.0382. The van der Waals surface area contributed by atoms with Gasteiger partial charge in [-0.3, -0.25) is 9.69 Å². The van der Waals surface area contributed by atoms with E-state index in [1.807, 2.05) is 13.0 Å². The van der Waals surface area contributed by atoms with Gasteiger partial charge in [-0.05, 0) is 48.9 Å². The van der Waals surface area contributed by atoms with Crippen molar-refractivity contribution in [3.63, 3.8) is 0 Å². The Hall–Kier alpha value is -2.53. The van der Waals surface area contributed by atoms with Gasteiger partial charge < -0.3 is 14.8 Å². The summed E-state index contributed by atoms with van der Waals surface area (Å²) >= 11 is 0. The van der Waals surface area contributed by atoms with Gasteiger partial charge in [0.1, 0.15) is 11.6 Å². The average molecular weight is 480 g/mol. The van der Waals surface area contributed by atoms with Crippen molar-refractivity contribution in [3.8, 4) is 5.75 Å². The number of ether oxygens (including phenoxy) is 2. The van der Waals surface area contributed by atoms with Crippen molar-refractivity contribution in [2.45, 2.75) is 24.3 Å². The highest BCUT2D eigenvalue weighted by Gasteiger charge is 2.23. The molecule has 0 saturated carbocycles. The Balaban J connectivity index is 1.52. The normalized spacial score (nSPS) is 15.7. The van der Waals surface area contributed by atoms with E-state index in [4.69, 9.17) is 9.47 Å². The first kappa shape index (κ1) is 25.1. The molecular formula is C23H30FN3O5S. The predicted molar refractivity (Wildman–Crippen MR) is 122 cm³/mol. The van der Waals surface area contributed by atoms with Crippen LogP contribution < -0.4 is 14.8 Å². The first-order chi connectivity index (χ1) is 15.9. The Labute approximate surface area is 194 Å². The number of hydrogen-bond donors (Lipinski definition) is 2. The minimum atomic E-state index is -3.73. The van der Waals surface area contributed by atoms with Crippen LogP contribution in [0.5, 0.6) is 5.75 Å². The van der Waals surface area contributed by atoms with Crippen molar-refractivity contribution in [1.82, 2.24) is 14.9 Å². The molecule has 0 aromatic heterocycles. The molecule has 33 heavy (non-hydrogen) atoms. The zero-order chi connectivity index (χ0) is 23.7. The van der Waals surface area contributed by atoms with Crippen molar-refractivity contribution in [1.29, 1.82) is 0 Å². The lowest BCUT2D eigenvalue weighted by molar-refractivity contribution is -0.121. The van der Waals surface area contributed by atoms with E-state index in [-0.39, 0.29) is 42.2 Å². The number of rotatable bonds is 11. The maximum atomic E-state index is 13.8. The lowest BCUT2D eigenvalue weighted by Gasteiger charge is -2.35. The summed E-state index contributed by atoms with van der Waals surface area (Å²) in [6.07, 6.45) is -0.0186. The molecule has 180 valence electrons.